The van der Waals surface area contributed by atoms with Crippen LogP contribution < -0.4 is 15.8 Å². The number of amides is 1. The van der Waals surface area contributed by atoms with E-state index in [0.717, 1.165) is 18.2 Å². The lowest BCUT2D eigenvalue weighted by molar-refractivity contribution is -0.120. The number of nitrogens with one attached hydrogen (secondary N) is 2. The van der Waals surface area contributed by atoms with E-state index in [9.17, 15) is 17.6 Å². The van der Waals surface area contributed by atoms with E-state index in [1.807, 2.05) is 13.8 Å². The third-order valence-electron chi connectivity index (χ3n) is 2.33. The summed E-state index contributed by atoms with van der Waals surface area (Å²) in [4.78, 5) is 11.1. The van der Waals surface area contributed by atoms with Crippen LogP contribution in [0, 0.1) is 11.7 Å². The number of hydrogen-bond acceptors (Lipinski definition) is 4. The first kappa shape index (κ1) is 16.4. The molecule has 0 aliphatic rings. The number of benzene rings is 1. The van der Waals surface area contributed by atoms with Gasteiger partial charge in [-0.2, -0.15) is 0 Å². The predicted octanol–water partition coefficient (Wildman–Crippen LogP) is 0.458. The van der Waals surface area contributed by atoms with Crippen LogP contribution in [-0.2, 0) is 14.8 Å². The highest BCUT2D eigenvalue weighted by atomic mass is 32.2. The van der Waals surface area contributed by atoms with Gasteiger partial charge in [-0.15, -0.1) is 0 Å². The minimum absolute atomic E-state index is 0.00497. The van der Waals surface area contributed by atoms with Gasteiger partial charge in [0.25, 0.3) is 0 Å². The van der Waals surface area contributed by atoms with E-state index in [-0.39, 0.29) is 16.5 Å². The Labute approximate surface area is 117 Å². The van der Waals surface area contributed by atoms with Crippen molar-refractivity contribution in [2.24, 2.45) is 5.92 Å². The molecule has 4 N–H and O–H groups in total. The summed E-state index contributed by atoms with van der Waals surface area (Å²) >= 11 is 0. The van der Waals surface area contributed by atoms with Gasteiger partial charge in [-0.25, -0.2) is 17.5 Å². The molecule has 0 aliphatic heterocycles. The average Bonchev–Trinajstić information content (AvgIpc) is 2.32. The molecule has 0 heterocycles. The number of nitrogens with two attached hydrogens (primary N) is 1. The van der Waals surface area contributed by atoms with E-state index in [0.29, 0.717) is 6.54 Å². The Morgan fingerprint density at radius 1 is 1.35 bits per heavy atom. The minimum Gasteiger partial charge on any atom is -0.399 e. The van der Waals surface area contributed by atoms with Crippen molar-refractivity contribution in [3.05, 3.63) is 24.0 Å². The molecular weight excluding hydrogens is 285 g/mol. The van der Waals surface area contributed by atoms with Crippen molar-refractivity contribution in [1.29, 1.82) is 0 Å². The molecule has 0 bridgehead atoms. The summed E-state index contributed by atoms with van der Waals surface area (Å²) < 4.78 is 38.9. The lowest BCUT2D eigenvalue weighted by Gasteiger charge is -2.09. The molecule has 0 aromatic heterocycles. The summed E-state index contributed by atoms with van der Waals surface area (Å²) in [6.45, 7) is 3.87. The lowest BCUT2D eigenvalue weighted by Crippen LogP contribution is -2.38. The summed E-state index contributed by atoms with van der Waals surface area (Å²) in [6, 6.07) is 2.97. The molecule has 1 rings (SSSR count). The number of hydrogen-bond donors (Lipinski definition) is 3. The average molecular weight is 303 g/mol. The Bertz CT molecular complexity index is 567. The maximum atomic E-state index is 13.1. The third kappa shape index (κ3) is 5.14. The largest absolute Gasteiger partial charge is 0.399 e. The van der Waals surface area contributed by atoms with Crippen LogP contribution in [0.2, 0.25) is 0 Å². The molecule has 0 radical (unpaired) electrons. The topological polar surface area (TPSA) is 101 Å². The summed E-state index contributed by atoms with van der Waals surface area (Å²) in [5.41, 5.74) is 5.38. The second-order valence-electron chi connectivity index (χ2n) is 4.74. The molecular formula is C12H18FN3O3S. The number of carbonyl (C=O) groups excluding carboxylic acids is 1. The number of carbonyl (C=O) groups is 1. The second-order valence-corrected chi connectivity index (χ2v) is 6.51. The van der Waals surface area contributed by atoms with E-state index < -0.39 is 28.3 Å². The van der Waals surface area contributed by atoms with Crippen LogP contribution >= 0.6 is 0 Å². The van der Waals surface area contributed by atoms with Crippen molar-refractivity contribution in [2.45, 2.75) is 18.7 Å². The Morgan fingerprint density at radius 3 is 2.55 bits per heavy atom. The first-order chi connectivity index (χ1) is 9.20. The van der Waals surface area contributed by atoms with Gasteiger partial charge in [0, 0.05) is 12.2 Å². The number of rotatable bonds is 6. The maximum Gasteiger partial charge on any atom is 0.241 e. The van der Waals surface area contributed by atoms with Gasteiger partial charge >= 0.3 is 0 Å². The highest BCUT2D eigenvalue weighted by Gasteiger charge is 2.17. The summed E-state index contributed by atoms with van der Waals surface area (Å²) in [6.07, 6.45) is 0. The molecule has 0 fully saturated rings. The lowest BCUT2D eigenvalue weighted by atomic mass is 10.2. The molecule has 0 unspecified atom stereocenters. The first-order valence-electron chi connectivity index (χ1n) is 6.03. The van der Waals surface area contributed by atoms with Crippen molar-refractivity contribution in [3.63, 3.8) is 0 Å². The molecule has 0 spiro atoms. The van der Waals surface area contributed by atoms with Gasteiger partial charge in [0.15, 0.2) is 0 Å². The SMILES string of the molecule is CC(C)CNC(=O)CNS(=O)(=O)c1cc(N)cc(F)c1. The summed E-state index contributed by atoms with van der Waals surface area (Å²) in [5, 5.41) is 2.56. The molecule has 6 nitrogen and oxygen atoms in total. The highest BCUT2D eigenvalue weighted by molar-refractivity contribution is 7.89. The fourth-order valence-corrected chi connectivity index (χ4v) is 2.41. The van der Waals surface area contributed by atoms with Gasteiger partial charge in [-0.1, -0.05) is 13.8 Å². The van der Waals surface area contributed by atoms with E-state index in [1.165, 1.54) is 0 Å². The summed E-state index contributed by atoms with van der Waals surface area (Å²) in [7, 11) is -3.97. The normalized spacial score (nSPS) is 11.6. The van der Waals surface area contributed by atoms with E-state index in [1.54, 1.807) is 0 Å². The molecule has 112 valence electrons. The van der Waals surface area contributed by atoms with E-state index in [4.69, 9.17) is 5.73 Å². The van der Waals surface area contributed by atoms with Crippen LogP contribution in [0.3, 0.4) is 0 Å². The molecule has 0 atom stereocenters. The molecule has 0 saturated carbocycles. The molecule has 1 aromatic rings. The van der Waals surface area contributed by atoms with Crippen molar-refractivity contribution in [3.8, 4) is 0 Å². The van der Waals surface area contributed by atoms with Crippen LogP contribution in [0.25, 0.3) is 0 Å². The van der Waals surface area contributed by atoms with Crippen molar-refractivity contribution in [2.75, 3.05) is 18.8 Å². The highest BCUT2D eigenvalue weighted by Crippen LogP contribution is 2.15. The van der Waals surface area contributed by atoms with Crippen molar-refractivity contribution < 1.29 is 17.6 Å². The van der Waals surface area contributed by atoms with Crippen LogP contribution in [0.1, 0.15) is 13.8 Å². The van der Waals surface area contributed by atoms with Crippen LogP contribution in [0.5, 0.6) is 0 Å². The van der Waals surface area contributed by atoms with Gasteiger partial charge in [0.05, 0.1) is 11.4 Å². The van der Waals surface area contributed by atoms with Gasteiger partial charge in [0.1, 0.15) is 5.82 Å². The number of anilines is 1. The quantitative estimate of drug-likeness (QED) is 0.664. The third-order valence-corrected chi connectivity index (χ3v) is 3.71. The predicted molar refractivity (Wildman–Crippen MR) is 73.8 cm³/mol. The number of nitrogen functional groups attached to an aromatic ring is 1. The van der Waals surface area contributed by atoms with E-state index in [2.05, 4.69) is 10.0 Å². The zero-order valence-electron chi connectivity index (χ0n) is 11.3. The second kappa shape index (κ2) is 6.67. The zero-order valence-corrected chi connectivity index (χ0v) is 12.1. The van der Waals surface area contributed by atoms with Gasteiger partial charge in [0.2, 0.25) is 15.9 Å². The minimum atomic E-state index is -3.97. The standard InChI is InChI=1S/C12H18FN3O3S/c1-8(2)6-15-12(17)7-16-20(18,19)11-4-9(13)3-10(14)5-11/h3-5,8,16H,6-7,14H2,1-2H3,(H,15,17). The summed E-state index contributed by atoms with van der Waals surface area (Å²) in [5.74, 6) is -0.945. The van der Waals surface area contributed by atoms with Gasteiger partial charge in [-0.05, 0) is 24.1 Å². The van der Waals surface area contributed by atoms with Gasteiger partial charge in [-0.3, -0.25) is 4.79 Å². The molecule has 0 aliphatic carbocycles. The van der Waals surface area contributed by atoms with Crippen LogP contribution in [-0.4, -0.2) is 27.4 Å². The van der Waals surface area contributed by atoms with Crippen LogP contribution in [0.4, 0.5) is 10.1 Å². The Morgan fingerprint density at radius 2 is 2.00 bits per heavy atom. The molecule has 1 amide bonds. The van der Waals surface area contributed by atoms with Crippen LogP contribution in [0.15, 0.2) is 23.1 Å². The Kier molecular flexibility index (Phi) is 5.46. The van der Waals surface area contributed by atoms with Gasteiger partial charge < -0.3 is 11.1 Å². The number of sulfonamides is 1. The Hall–Kier alpha value is -1.67. The van der Waals surface area contributed by atoms with E-state index >= 15 is 0 Å². The Balaban J connectivity index is 2.68. The fourth-order valence-electron chi connectivity index (χ4n) is 1.36. The molecule has 1 aromatic carbocycles. The smallest absolute Gasteiger partial charge is 0.241 e. The molecule has 8 heteroatoms. The zero-order chi connectivity index (χ0) is 15.3. The molecule has 0 saturated heterocycles. The van der Waals surface area contributed by atoms with Crippen molar-refractivity contribution >= 4 is 21.6 Å². The fraction of sp³-hybridized carbons (Fsp3) is 0.417. The number of halogens is 1. The first-order valence-corrected chi connectivity index (χ1v) is 7.51. The molecule has 20 heavy (non-hydrogen) atoms. The maximum absolute atomic E-state index is 13.1. The monoisotopic (exact) mass is 303 g/mol. The van der Waals surface area contributed by atoms with Crippen molar-refractivity contribution in [1.82, 2.24) is 10.0 Å².